The number of ether oxygens (including phenoxy) is 2. The fourth-order valence-electron chi connectivity index (χ4n) is 1.85. The third-order valence-corrected chi connectivity index (χ3v) is 2.84. The molecular weight excluding hydrogens is 220 g/mol. The van der Waals surface area contributed by atoms with E-state index < -0.39 is 17.4 Å². The average Bonchev–Trinajstić information content (AvgIpc) is 2.97. The molecule has 1 N–H and O–H groups in total. The molecule has 17 heavy (non-hydrogen) atoms. The highest BCUT2D eigenvalue weighted by molar-refractivity contribution is 5.87. The van der Waals surface area contributed by atoms with Gasteiger partial charge in [0.15, 0.2) is 5.78 Å². The molecule has 2 unspecified atom stereocenters. The van der Waals surface area contributed by atoms with Crippen molar-refractivity contribution < 1.29 is 19.4 Å². The standard InChI is InChI=1S/C13H16O4/c1-3-9-16-13(11-7-5-4-6-8-11)12(15,17-13)10(2)14/h4-8,15H,3,9H2,1-2H3. The minimum Gasteiger partial charge on any atom is -0.355 e. The Balaban J connectivity index is 2.32. The smallest absolute Gasteiger partial charge is 0.290 e. The fourth-order valence-corrected chi connectivity index (χ4v) is 1.85. The molecule has 1 aromatic carbocycles. The minimum atomic E-state index is -1.84. The van der Waals surface area contributed by atoms with Crippen molar-refractivity contribution in [2.45, 2.75) is 31.8 Å². The molecule has 1 saturated heterocycles. The predicted molar refractivity (Wildman–Crippen MR) is 61.1 cm³/mol. The quantitative estimate of drug-likeness (QED) is 0.788. The molecule has 4 heteroatoms. The zero-order valence-electron chi connectivity index (χ0n) is 9.97. The first-order chi connectivity index (χ1) is 8.07. The zero-order chi connectivity index (χ0) is 12.5. The summed E-state index contributed by atoms with van der Waals surface area (Å²) in [5.74, 6) is -3.61. The van der Waals surface area contributed by atoms with E-state index in [0.29, 0.717) is 12.2 Å². The highest BCUT2D eigenvalue weighted by Gasteiger charge is 2.76. The number of hydrogen-bond acceptors (Lipinski definition) is 4. The lowest BCUT2D eigenvalue weighted by Crippen LogP contribution is -2.33. The summed E-state index contributed by atoms with van der Waals surface area (Å²) < 4.78 is 10.8. The molecule has 0 bridgehead atoms. The molecule has 0 spiro atoms. The molecule has 1 aliphatic heterocycles. The van der Waals surface area contributed by atoms with Gasteiger partial charge in [-0.15, -0.1) is 0 Å². The number of Topliss-reactive ketones (excluding diaryl/α,β-unsaturated/α-hetero) is 1. The fraction of sp³-hybridized carbons (Fsp3) is 0.462. The summed E-state index contributed by atoms with van der Waals surface area (Å²) in [6.45, 7) is 3.67. The maximum atomic E-state index is 11.4. The van der Waals surface area contributed by atoms with Crippen LogP contribution in [0.25, 0.3) is 0 Å². The summed E-state index contributed by atoms with van der Waals surface area (Å²) >= 11 is 0. The van der Waals surface area contributed by atoms with Gasteiger partial charge in [-0.3, -0.25) is 9.53 Å². The van der Waals surface area contributed by atoms with Crippen LogP contribution in [0.3, 0.4) is 0 Å². The molecule has 0 saturated carbocycles. The second-order valence-corrected chi connectivity index (χ2v) is 4.13. The van der Waals surface area contributed by atoms with E-state index in [2.05, 4.69) is 0 Å². The van der Waals surface area contributed by atoms with E-state index in [1.807, 2.05) is 25.1 Å². The first kappa shape index (κ1) is 12.2. The van der Waals surface area contributed by atoms with Gasteiger partial charge in [-0.25, -0.2) is 0 Å². The monoisotopic (exact) mass is 236 g/mol. The SMILES string of the molecule is CCCOC1(c2ccccc2)OC1(O)C(C)=O. The highest BCUT2D eigenvalue weighted by Crippen LogP contribution is 2.55. The Kier molecular flexibility index (Phi) is 3.03. The molecule has 0 radical (unpaired) electrons. The van der Waals surface area contributed by atoms with Crippen molar-refractivity contribution in [3.63, 3.8) is 0 Å². The lowest BCUT2D eigenvalue weighted by atomic mass is 10.0. The van der Waals surface area contributed by atoms with Gasteiger partial charge in [0, 0.05) is 12.5 Å². The average molecular weight is 236 g/mol. The largest absolute Gasteiger partial charge is 0.355 e. The van der Waals surface area contributed by atoms with Crippen molar-refractivity contribution in [1.29, 1.82) is 0 Å². The van der Waals surface area contributed by atoms with Crippen molar-refractivity contribution in [3.8, 4) is 0 Å². The van der Waals surface area contributed by atoms with Gasteiger partial charge in [0.2, 0.25) is 0 Å². The van der Waals surface area contributed by atoms with E-state index in [1.165, 1.54) is 6.92 Å². The van der Waals surface area contributed by atoms with Gasteiger partial charge in [-0.2, -0.15) is 0 Å². The third-order valence-electron chi connectivity index (χ3n) is 2.84. The lowest BCUT2D eigenvalue weighted by molar-refractivity contribution is -0.136. The molecule has 1 heterocycles. The Bertz CT molecular complexity index is 417. The van der Waals surface area contributed by atoms with Crippen molar-refractivity contribution in [2.24, 2.45) is 0 Å². The topological polar surface area (TPSA) is 59.1 Å². The molecule has 2 rings (SSSR count). The second-order valence-electron chi connectivity index (χ2n) is 4.13. The van der Waals surface area contributed by atoms with Gasteiger partial charge in [-0.05, 0) is 6.42 Å². The van der Waals surface area contributed by atoms with Crippen LogP contribution >= 0.6 is 0 Å². The predicted octanol–water partition coefficient (Wildman–Crippen LogP) is 1.57. The summed E-state index contributed by atoms with van der Waals surface area (Å²) in [6, 6.07) is 9.03. The van der Waals surface area contributed by atoms with Gasteiger partial charge in [-0.1, -0.05) is 37.3 Å². The molecule has 1 aromatic rings. The second kappa shape index (κ2) is 4.22. The first-order valence-electron chi connectivity index (χ1n) is 5.70. The molecule has 92 valence electrons. The number of ketones is 1. The number of epoxide rings is 1. The number of hydrogen-bond donors (Lipinski definition) is 1. The van der Waals surface area contributed by atoms with E-state index >= 15 is 0 Å². The Morgan fingerprint density at radius 1 is 1.41 bits per heavy atom. The van der Waals surface area contributed by atoms with E-state index in [4.69, 9.17) is 9.47 Å². The Hall–Kier alpha value is -1.23. The number of benzene rings is 1. The third kappa shape index (κ3) is 1.78. The number of carbonyl (C=O) groups excluding carboxylic acids is 1. The van der Waals surface area contributed by atoms with E-state index in [1.54, 1.807) is 12.1 Å². The van der Waals surface area contributed by atoms with Gasteiger partial charge < -0.3 is 9.84 Å². The highest BCUT2D eigenvalue weighted by atomic mass is 16.9. The van der Waals surface area contributed by atoms with E-state index in [-0.39, 0.29) is 0 Å². The summed E-state index contributed by atoms with van der Waals surface area (Å²) in [7, 11) is 0. The Morgan fingerprint density at radius 3 is 2.53 bits per heavy atom. The molecule has 4 nitrogen and oxygen atoms in total. The summed E-state index contributed by atoms with van der Waals surface area (Å²) in [5, 5.41) is 10.1. The number of rotatable bonds is 5. The van der Waals surface area contributed by atoms with Crippen LogP contribution in [0.1, 0.15) is 25.8 Å². The van der Waals surface area contributed by atoms with Crippen LogP contribution in [-0.4, -0.2) is 23.3 Å². The lowest BCUT2D eigenvalue weighted by Gasteiger charge is -2.15. The molecule has 0 aromatic heterocycles. The van der Waals surface area contributed by atoms with Crippen molar-refractivity contribution in [1.82, 2.24) is 0 Å². The van der Waals surface area contributed by atoms with Crippen LogP contribution in [0.4, 0.5) is 0 Å². The van der Waals surface area contributed by atoms with E-state index in [0.717, 1.165) is 6.42 Å². The molecule has 2 atom stereocenters. The van der Waals surface area contributed by atoms with Crippen molar-refractivity contribution >= 4 is 5.78 Å². The number of carbonyl (C=O) groups is 1. The van der Waals surface area contributed by atoms with Crippen LogP contribution in [0, 0.1) is 0 Å². The van der Waals surface area contributed by atoms with Gasteiger partial charge >= 0.3 is 0 Å². The van der Waals surface area contributed by atoms with Crippen molar-refractivity contribution in [3.05, 3.63) is 35.9 Å². The van der Waals surface area contributed by atoms with Gasteiger partial charge in [0.25, 0.3) is 11.6 Å². The van der Waals surface area contributed by atoms with Crippen molar-refractivity contribution in [2.75, 3.05) is 6.61 Å². The molecule has 0 amide bonds. The molecular formula is C13H16O4. The maximum absolute atomic E-state index is 11.4. The molecule has 0 aliphatic carbocycles. The summed E-state index contributed by atoms with van der Waals surface area (Å²) in [6.07, 6.45) is 0.784. The van der Waals surface area contributed by atoms with Crippen LogP contribution in [0.2, 0.25) is 0 Å². The Morgan fingerprint density at radius 2 is 2.06 bits per heavy atom. The molecule has 1 aliphatic rings. The first-order valence-corrected chi connectivity index (χ1v) is 5.70. The number of aliphatic hydroxyl groups is 1. The normalized spacial score (nSPS) is 31.2. The van der Waals surface area contributed by atoms with Gasteiger partial charge in [0.1, 0.15) is 0 Å². The Labute approximate surface area is 100 Å². The zero-order valence-corrected chi connectivity index (χ0v) is 9.97. The maximum Gasteiger partial charge on any atom is 0.290 e. The van der Waals surface area contributed by atoms with Gasteiger partial charge in [0.05, 0.1) is 6.61 Å². The summed E-state index contributed by atoms with van der Waals surface area (Å²) in [5.41, 5.74) is 0.658. The van der Waals surface area contributed by atoms with Crippen LogP contribution in [0.5, 0.6) is 0 Å². The van der Waals surface area contributed by atoms with Crippen LogP contribution in [0.15, 0.2) is 30.3 Å². The van der Waals surface area contributed by atoms with Crippen LogP contribution < -0.4 is 0 Å². The van der Waals surface area contributed by atoms with Crippen LogP contribution in [-0.2, 0) is 20.1 Å². The molecule has 1 fully saturated rings. The summed E-state index contributed by atoms with van der Waals surface area (Å²) in [4.78, 5) is 11.4. The minimum absolute atomic E-state index is 0.421. The van der Waals surface area contributed by atoms with E-state index in [9.17, 15) is 9.90 Å².